The number of benzene rings is 2. The number of fused-ring (bicyclic) bond motifs is 1. The summed E-state index contributed by atoms with van der Waals surface area (Å²) in [5.74, 6) is -0.107. The Bertz CT molecular complexity index is 745. The fraction of sp³-hybridized carbons (Fsp3) is 0.235. The average Bonchev–Trinajstić information content (AvgIpc) is 2.65. The SMILES string of the molecule is CN1C(=O)CC(c2cccc(C(F)(F)F)c2)Sc2ccccc21. The molecule has 1 unspecified atom stereocenters. The molecule has 1 amide bonds. The zero-order valence-electron chi connectivity index (χ0n) is 12.3. The number of thioether (sulfide) groups is 1. The fourth-order valence-corrected chi connectivity index (χ4v) is 3.86. The van der Waals surface area contributed by atoms with Crippen LogP contribution in [-0.2, 0) is 11.0 Å². The molecule has 0 bridgehead atoms. The first kappa shape index (κ1) is 15.9. The van der Waals surface area contributed by atoms with E-state index in [2.05, 4.69) is 0 Å². The standard InChI is InChI=1S/C17H14F3NOS/c1-21-13-7-2-3-8-14(13)23-15(10-16(21)22)11-5-4-6-12(9-11)17(18,19)20/h2-9,15H,10H2,1H3. The highest BCUT2D eigenvalue weighted by atomic mass is 32.2. The van der Waals surface area contributed by atoms with E-state index in [0.29, 0.717) is 5.56 Å². The predicted molar refractivity (Wildman–Crippen MR) is 84.5 cm³/mol. The Morgan fingerprint density at radius 1 is 1.13 bits per heavy atom. The molecule has 3 rings (SSSR count). The summed E-state index contributed by atoms with van der Waals surface area (Å²) in [4.78, 5) is 14.8. The molecule has 23 heavy (non-hydrogen) atoms. The van der Waals surface area contributed by atoms with Gasteiger partial charge in [-0.25, -0.2) is 0 Å². The number of hydrogen-bond acceptors (Lipinski definition) is 2. The van der Waals surface area contributed by atoms with E-state index in [1.807, 2.05) is 24.3 Å². The van der Waals surface area contributed by atoms with Crippen molar-refractivity contribution in [3.63, 3.8) is 0 Å². The van der Waals surface area contributed by atoms with Crippen LogP contribution in [0.5, 0.6) is 0 Å². The van der Waals surface area contributed by atoms with Crippen molar-refractivity contribution in [3.05, 3.63) is 59.7 Å². The molecule has 0 radical (unpaired) electrons. The molecular formula is C17H14F3NOS. The van der Waals surface area contributed by atoms with Gasteiger partial charge in [0.1, 0.15) is 0 Å². The molecule has 0 spiro atoms. The highest BCUT2D eigenvalue weighted by Gasteiger charge is 2.32. The average molecular weight is 337 g/mol. The van der Waals surface area contributed by atoms with Gasteiger partial charge in [0.2, 0.25) is 5.91 Å². The van der Waals surface area contributed by atoms with E-state index in [1.54, 1.807) is 18.0 Å². The van der Waals surface area contributed by atoms with Gasteiger partial charge in [-0.15, -0.1) is 11.8 Å². The first-order chi connectivity index (χ1) is 10.9. The van der Waals surface area contributed by atoms with Crippen LogP contribution in [0.25, 0.3) is 0 Å². The van der Waals surface area contributed by atoms with Crippen LogP contribution in [0.1, 0.15) is 22.8 Å². The second-order valence-electron chi connectivity index (χ2n) is 5.35. The van der Waals surface area contributed by atoms with Crippen LogP contribution >= 0.6 is 11.8 Å². The van der Waals surface area contributed by atoms with E-state index in [-0.39, 0.29) is 17.6 Å². The summed E-state index contributed by atoms with van der Waals surface area (Å²) in [6.45, 7) is 0. The summed E-state index contributed by atoms with van der Waals surface area (Å²) in [5.41, 5.74) is 0.620. The molecule has 0 saturated carbocycles. The van der Waals surface area contributed by atoms with Crippen LogP contribution in [0, 0.1) is 0 Å². The first-order valence-corrected chi connectivity index (χ1v) is 7.93. The Balaban J connectivity index is 2.00. The number of amides is 1. The summed E-state index contributed by atoms with van der Waals surface area (Å²) in [6, 6.07) is 12.7. The highest BCUT2D eigenvalue weighted by Crippen LogP contribution is 2.45. The van der Waals surface area contributed by atoms with Gasteiger partial charge in [-0.05, 0) is 23.8 Å². The summed E-state index contributed by atoms with van der Waals surface area (Å²) in [7, 11) is 1.69. The van der Waals surface area contributed by atoms with E-state index < -0.39 is 11.7 Å². The quantitative estimate of drug-likeness (QED) is 0.737. The van der Waals surface area contributed by atoms with E-state index >= 15 is 0 Å². The Labute approximate surface area is 136 Å². The molecule has 2 aromatic rings. The molecule has 0 fully saturated rings. The van der Waals surface area contributed by atoms with Crippen molar-refractivity contribution in [2.24, 2.45) is 0 Å². The number of anilines is 1. The van der Waals surface area contributed by atoms with E-state index in [0.717, 1.165) is 22.7 Å². The number of halogens is 3. The largest absolute Gasteiger partial charge is 0.416 e. The van der Waals surface area contributed by atoms with Crippen molar-refractivity contribution < 1.29 is 18.0 Å². The van der Waals surface area contributed by atoms with Crippen molar-refractivity contribution in [3.8, 4) is 0 Å². The smallest absolute Gasteiger partial charge is 0.314 e. The van der Waals surface area contributed by atoms with Crippen molar-refractivity contribution in [2.45, 2.75) is 22.7 Å². The van der Waals surface area contributed by atoms with Crippen LogP contribution in [0.2, 0.25) is 0 Å². The van der Waals surface area contributed by atoms with Crippen LogP contribution in [0.4, 0.5) is 18.9 Å². The zero-order chi connectivity index (χ0) is 16.6. The normalized spacial score (nSPS) is 18.5. The second kappa shape index (κ2) is 5.92. The molecule has 120 valence electrons. The Morgan fingerprint density at radius 2 is 1.87 bits per heavy atom. The van der Waals surface area contributed by atoms with E-state index in [1.165, 1.54) is 17.8 Å². The predicted octanol–water partition coefficient (Wildman–Crippen LogP) is 4.91. The molecule has 0 N–H and O–H groups in total. The zero-order valence-corrected chi connectivity index (χ0v) is 13.1. The van der Waals surface area contributed by atoms with Gasteiger partial charge >= 0.3 is 6.18 Å². The molecule has 1 aliphatic heterocycles. The van der Waals surface area contributed by atoms with Gasteiger partial charge in [-0.3, -0.25) is 4.79 Å². The van der Waals surface area contributed by atoms with E-state index in [9.17, 15) is 18.0 Å². The topological polar surface area (TPSA) is 20.3 Å². The van der Waals surface area contributed by atoms with Gasteiger partial charge in [-0.1, -0.05) is 30.3 Å². The summed E-state index contributed by atoms with van der Waals surface area (Å²) < 4.78 is 38.7. The Morgan fingerprint density at radius 3 is 2.61 bits per heavy atom. The van der Waals surface area contributed by atoms with Crippen molar-refractivity contribution in [2.75, 3.05) is 11.9 Å². The van der Waals surface area contributed by atoms with Gasteiger partial charge in [0.05, 0.1) is 11.3 Å². The molecule has 2 nitrogen and oxygen atoms in total. The van der Waals surface area contributed by atoms with Crippen LogP contribution in [0.3, 0.4) is 0 Å². The Kier molecular flexibility index (Phi) is 4.10. The van der Waals surface area contributed by atoms with Crippen molar-refractivity contribution in [1.29, 1.82) is 0 Å². The molecule has 6 heteroatoms. The maximum absolute atomic E-state index is 12.9. The number of nitrogens with zero attached hydrogens (tertiary/aromatic N) is 1. The van der Waals surface area contributed by atoms with Crippen LogP contribution < -0.4 is 4.90 Å². The minimum Gasteiger partial charge on any atom is -0.314 e. The number of rotatable bonds is 1. The summed E-state index contributed by atoms with van der Waals surface area (Å²) in [5, 5.41) is -0.337. The monoisotopic (exact) mass is 337 g/mol. The van der Waals surface area contributed by atoms with Crippen molar-refractivity contribution >= 4 is 23.4 Å². The molecule has 1 atom stereocenters. The molecule has 1 heterocycles. The Hall–Kier alpha value is -1.95. The second-order valence-corrected chi connectivity index (χ2v) is 6.60. The van der Waals surface area contributed by atoms with E-state index in [4.69, 9.17) is 0 Å². The van der Waals surface area contributed by atoms with Gasteiger partial charge < -0.3 is 4.90 Å². The fourth-order valence-electron chi connectivity index (χ4n) is 2.56. The first-order valence-electron chi connectivity index (χ1n) is 7.05. The number of alkyl halides is 3. The highest BCUT2D eigenvalue weighted by molar-refractivity contribution is 7.99. The van der Waals surface area contributed by atoms with Crippen molar-refractivity contribution in [1.82, 2.24) is 0 Å². The number of carbonyl (C=O) groups excluding carboxylic acids is 1. The van der Waals surface area contributed by atoms with Crippen LogP contribution in [0.15, 0.2) is 53.4 Å². The number of hydrogen-bond donors (Lipinski definition) is 0. The lowest BCUT2D eigenvalue weighted by Gasteiger charge is -2.16. The lowest BCUT2D eigenvalue weighted by atomic mass is 10.1. The maximum Gasteiger partial charge on any atom is 0.416 e. The maximum atomic E-state index is 12.9. The third-order valence-corrected chi connectivity index (χ3v) is 5.14. The summed E-state index contributed by atoms with van der Waals surface area (Å²) in [6.07, 6.45) is -4.22. The molecule has 2 aromatic carbocycles. The van der Waals surface area contributed by atoms with Gasteiger partial charge in [0, 0.05) is 23.6 Å². The molecular weight excluding hydrogens is 323 g/mol. The van der Waals surface area contributed by atoms with Gasteiger partial charge in [0.25, 0.3) is 0 Å². The van der Waals surface area contributed by atoms with Crippen LogP contribution in [-0.4, -0.2) is 13.0 Å². The van der Waals surface area contributed by atoms with Gasteiger partial charge in [-0.2, -0.15) is 13.2 Å². The minimum atomic E-state index is -4.38. The van der Waals surface area contributed by atoms with Gasteiger partial charge in [0.15, 0.2) is 0 Å². The number of carbonyl (C=O) groups is 1. The summed E-state index contributed by atoms with van der Waals surface area (Å²) >= 11 is 1.43. The molecule has 0 aromatic heterocycles. The lowest BCUT2D eigenvalue weighted by molar-refractivity contribution is -0.137. The molecule has 1 aliphatic rings. The minimum absolute atomic E-state index is 0.107. The third-order valence-electron chi connectivity index (χ3n) is 3.82. The number of para-hydroxylation sites is 1. The third kappa shape index (κ3) is 3.22. The molecule has 0 aliphatic carbocycles. The lowest BCUT2D eigenvalue weighted by Crippen LogP contribution is -2.25. The molecule has 0 saturated heterocycles.